The summed E-state index contributed by atoms with van der Waals surface area (Å²) in [6.45, 7) is -0.0938. The predicted molar refractivity (Wildman–Crippen MR) is 100 cm³/mol. The molecule has 5 nitrogen and oxygen atoms in total. The van der Waals surface area contributed by atoms with Crippen LogP contribution in [0.3, 0.4) is 0 Å². The average molecular weight is 335 g/mol. The lowest BCUT2D eigenvalue weighted by molar-refractivity contribution is 0.513. The number of nitrogens with one attached hydrogen (secondary N) is 2. The lowest BCUT2D eigenvalue weighted by Gasteiger charge is -2.09. The van der Waals surface area contributed by atoms with Crippen molar-refractivity contribution >= 4 is 39.1 Å². The molecular weight excluding hydrogens is 317 g/mol. The summed E-state index contributed by atoms with van der Waals surface area (Å²) in [5.74, 6) is 0.758. The van der Waals surface area contributed by atoms with Crippen LogP contribution in [0.4, 0.5) is 21.6 Å². The van der Waals surface area contributed by atoms with Gasteiger partial charge in [-0.2, -0.15) is 0 Å². The van der Waals surface area contributed by atoms with Gasteiger partial charge in [-0.05, 0) is 36.4 Å². The molecule has 0 bridgehead atoms. The van der Waals surface area contributed by atoms with Gasteiger partial charge < -0.3 is 15.2 Å². The summed E-state index contributed by atoms with van der Waals surface area (Å²) < 4.78 is 14.4. The van der Waals surface area contributed by atoms with E-state index in [4.69, 9.17) is 4.98 Å². The van der Waals surface area contributed by atoms with Crippen molar-refractivity contribution in [2.24, 2.45) is 7.05 Å². The van der Waals surface area contributed by atoms with Crippen LogP contribution in [0.5, 0.6) is 0 Å². The molecule has 0 saturated carbocycles. The van der Waals surface area contributed by atoms with E-state index in [1.54, 1.807) is 6.20 Å². The van der Waals surface area contributed by atoms with Crippen LogP contribution in [-0.2, 0) is 7.05 Å². The van der Waals surface area contributed by atoms with Gasteiger partial charge in [-0.3, -0.25) is 4.98 Å². The minimum atomic E-state index is -0.397. The SMILES string of the molecule is Cn1c2ccncc2c2ccc(Nc3cccc(NCCF)c3)nc21. The van der Waals surface area contributed by atoms with Crippen LogP contribution in [0.2, 0.25) is 0 Å². The zero-order valence-electron chi connectivity index (χ0n) is 13.8. The second-order valence-corrected chi connectivity index (χ2v) is 5.84. The number of alkyl halides is 1. The van der Waals surface area contributed by atoms with Gasteiger partial charge in [0.2, 0.25) is 0 Å². The minimum Gasteiger partial charge on any atom is -0.382 e. The molecule has 126 valence electrons. The third-order valence-corrected chi connectivity index (χ3v) is 4.20. The van der Waals surface area contributed by atoms with Gasteiger partial charge in [-0.1, -0.05) is 6.07 Å². The van der Waals surface area contributed by atoms with Gasteiger partial charge >= 0.3 is 0 Å². The van der Waals surface area contributed by atoms with Gasteiger partial charge in [-0.15, -0.1) is 0 Å². The number of benzene rings is 1. The molecule has 25 heavy (non-hydrogen) atoms. The van der Waals surface area contributed by atoms with E-state index < -0.39 is 6.67 Å². The molecule has 3 heterocycles. The number of anilines is 3. The molecule has 0 atom stereocenters. The first-order valence-electron chi connectivity index (χ1n) is 8.12. The first-order chi connectivity index (χ1) is 12.3. The Morgan fingerprint density at radius 2 is 1.96 bits per heavy atom. The molecule has 3 aromatic heterocycles. The maximum Gasteiger partial charge on any atom is 0.143 e. The summed E-state index contributed by atoms with van der Waals surface area (Å²) in [6.07, 6.45) is 3.66. The third kappa shape index (κ3) is 2.87. The number of fused-ring (bicyclic) bond motifs is 3. The van der Waals surface area contributed by atoms with Crippen LogP contribution in [0, 0.1) is 0 Å². The van der Waals surface area contributed by atoms with Crippen molar-refractivity contribution in [2.45, 2.75) is 0 Å². The maximum atomic E-state index is 12.3. The van der Waals surface area contributed by atoms with Crippen molar-refractivity contribution in [2.75, 3.05) is 23.9 Å². The van der Waals surface area contributed by atoms with E-state index in [-0.39, 0.29) is 0 Å². The molecule has 4 rings (SSSR count). The molecule has 0 saturated heterocycles. The number of aromatic nitrogens is 3. The van der Waals surface area contributed by atoms with E-state index in [2.05, 4.69) is 26.3 Å². The summed E-state index contributed by atoms with van der Waals surface area (Å²) in [6, 6.07) is 13.7. The maximum absolute atomic E-state index is 12.3. The Hall–Kier alpha value is -3.15. The number of pyridine rings is 2. The van der Waals surface area contributed by atoms with E-state index in [1.165, 1.54) is 0 Å². The number of halogens is 1. The number of nitrogens with zero attached hydrogens (tertiary/aromatic N) is 3. The largest absolute Gasteiger partial charge is 0.382 e. The van der Waals surface area contributed by atoms with Crippen molar-refractivity contribution < 1.29 is 4.39 Å². The lowest BCUT2D eigenvalue weighted by Crippen LogP contribution is -2.03. The Morgan fingerprint density at radius 3 is 2.84 bits per heavy atom. The molecule has 0 aliphatic rings. The molecule has 0 radical (unpaired) electrons. The predicted octanol–water partition coefficient (Wildman–Crippen LogP) is 4.25. The van der Waals surface area contributed by atoms with Gasteiger partial charge in [0.15, 0.2) is 0 Å². The quantitative estimate of drug-likeness (QED) is 0.572. The topological polar surface area (TPSA) is 54.8 Å². The second-order valence-electron chi connectivity index (χ2n) is 5.84. The molecule has 0 fully saturated rings. The highest BCUT2D eigenvalue weighted by atomic mass is 19.1. The highest BCUT2D eigenvalue weighted by molar-refractivity contribution is 6.06. The molecule has 0 spiro atoms. The number of aryl methyl sites for hydroxylation is 1. The van der Waals surface area contributed by atoms with Crippen LogP contribution in [0.1, 0.15) is 0 Å². The van der Waals surface area contributed by atoms with E-state index in [0.717, 1.165) is 39.1 Å². The summed E-state index contributed by atoms with van der Waals surface area (Å²) in [4.78, 5) is 8.95. The molecule has 1 aromatic carbocycles. The third-order valence-electron chi connectivity index (χ3n) is 4.20. The molecule has 6 heteroatoms. The number of hydrogen-bond donors (Lipinski definition) is 2. The molecule has 0 aliphatic carbocycles. The van der Waals surface area contributed by atoms with Gasteiger partial charge in [0.1, 0.15) is 18.1 Å². The Balaban J connectivity index is 1.68. The summed E-state index contributed by atoms with van der Waals surface area (Å²) in [5, 5.41) is 8.51. The fraction of sp³-hybridized carbons (Fsp3) is 0.158. The summed E-state index contributed by atoms with van der Waals surface area (Å²) in [5.41, 5.74) is 3.78. The van der Waals surface area contributed by atoms with Crippen LogP contribution >= 0.6 is 0 Å². The molecular formula is C19H18FN5. The zero-order valence-corrected chi connectivity index (χ0v) is 13.8. The number of rotatable bonds is 5. The molecule has 0 aliphatic heterocycles. The van der Waals surface area contributed by atoms with Crippen molar-refractivity contribution in [1.82, 2.24) is 14.5 Å². The highest BCUT2D eigenvalue weighted by Crippen LogP contribution is 2.28. The normalized spacial score (nSPS) is 11.1. The molecule has 0 unspecified atom stereocenters. The van der Waals surface area contributed by atoms with Crippen LogP contribution in [0.25, 0.3) is 21.9 Å². The van der Waals surface area contributed by atoms with E-state index >= 15 is 0 Å². The number of hydrogen-bond acceptors (Lipinski definition) is 4. The fourth-order valence-electron chi connectivity index (χ4n) is 3.03. The first kappa shape index (κ1) is 15.4. The van der Waals surface area contributed by atoms with Crippen molar-refractivity contribution in [3.63, 3.8) is 0 Å². The average Bonchev–Trinajstić information content (AvgIpc) is 2.93. The van der Waals surface area contributed by atoms with Crippen molar-refractivity contribution in [1.29, 1.82) is 0 Å². The Bertz CT molecular complexity index is 1040. The smallest absolute Gasteiger partial charge is 0.143 e. The lowest BCUT2D eigenvalue weighted by atomic mass is 10.2. The Labute approximate surface area is 144 Å². The monoisotopic (exact) mass is 335 g/mol. The van der Waals surface area contributed by atoms with Gasteiger partial charge in [0.25, 0.3) is 0 Å². The second kappa shape index (κ2) is 6.39. The van der Waals surface area contributed by atoms with Gasteiger partial charge in [-0.25, -0.2) is 9.37 Å². The molecule has 0 amide bonds. The summed E-state index contributed by atoms with van der Waals surface area (Å²) in [7, 11) is 2.00. The van der Waals surface area contributed by atoms with Crippen LogP contribution in [-0.4, -0.2) is 27.8 Å². The minimum absolute atomic E-state index is 0.303. The van der Waals surface area contributed by atoms with E-state index in [9.17, 15) is 4.39 Å². The van der Waals surface area contributed by atoms with Crippen molar-refractivity contribution in [3.05, 3.63) is 54.9 Å². The van der Waals surface area contributed by atoms with Gasteiger partial charge in [0, 0.05) is 48.1 Å². The van der Waals surface area contributed by atoms with Crippen LogP contribution in [0.15, 0.2) is 54.9 Å². The van der Waals surface area contributed by atoms with Crippen molar-refractivity contribution in [3.8, 4) is 0 Å². The Kier molecular flexibility index (Phi) is 3.93. The fourth-order valence-corrected chi connectivity index (χ4v) is 3.03. The first-order valence-corrected chi connectivity index (χ1v) is 8.12. The zero-order chi connectivity index (χ0) is 17.2. The van der Waals surface area contributed by atoms with E-state index in [1.807, 2.05) is 49.6 Å². The standard InChI is InChI=1S/C19H18FN5/c1-25-17-7-9-21-12-16(17)15-5-6-18(24-19(15)25)23-14-4-2-3-13(11-14)22-10-8-20/h2-7,9,11-12,22H,8,10H2,1H3,(H,23,24). The summed E-state index contributed by atoms with van der Waals surface area (Å²) >= 11 is 0. The van der Waals surface area contributed by atoms with Crippen LogP contribution < -0.4 is 10.6 Å². The van der Waals surface area contributed by atoms with Gasteiger partial charge in [0.05, 0.1) is 5.52 Å². The molecule has 4 aromatic rings. The highest BCUT2D eigenvalue weighted by Gasteiger charge is 2.10. The Morgan fingerprint density at radius 1 is 1.08 bits per heavy atom. The molecule has 2 N–H and O–H groups in total. The van der Waals surface area contributed by atoms with E-state index in [0.29, 0.717) is 6.54 Å².